The Morgan fingerprint density at radius 2 is 1.00 bits per heavy atom. The molecule has 0 saturated carbocycles. The number of rotatable bonds is 5. The van der Waals surface area contributed by atoms with Gasteiger partial charge in [0.05, 0.1) is 16.8 Å². The highest BCUT2D eigenvalue weighted by Gasteiger charge is 2.37. The maximum atomic E-state index is 13.2. The first-order valence-electron chi connectivity index (χ1n) is 12.0. The molecular formula is C29H17F6N3O2. The van der Waals surface area contributed by atoms with E-state index < -0.39 is 23.5 Å². The molecule has 0 bridgehead atoms. The highest BCUT2D eigenvalue weighted by Crippen LogP contribution is 2.39. The summed E-state index contributed by atoms with van der Waals surface area (Å²) in [5.74, 6) is -0.0188. The number of pyridine rings is 1. The van der Waals surface area contributed by atoms with Gasteiger partial charge in [0.1, 0.15) is 13.1 Å². The minimum atomic E-state index is -4.94. The van der Waals surface area contributed by atoms with E-state index in [2.05, 4.69) is 4.98 Å². The van der Waals surface area contributed by atoms with Crippen LogP contribution in [0.25, 0.3) is 33.5 Å². The van der Waals surface area contributed by atoms with Crippen LogP contribution in [0.4, 0.5) is 37.7 Å². The number of nitrogens with zero attached hydrogens (tertiary/aromatic N) is 3. The Hall–Kier alpha value is -4.67. The largest absolute Gasteiger partial charge is 0.416 e. The van der Waals surface area contributed by atoms with Crippen LogP contribution >= 0.6 is 0 Å². The molecule has 2 aliphatic rings. The molecule has 11 heteroatoms. The fraction of sp³-hybridized carbons (Fsp3) is 0.138. The topological polar surface area (TPSA) is 53.0 Å². The summed E-state index contributed by atoms with van der Waals surface area (Å²) in [5, 5.41) is 0. The minimum absolute atomic E-state index is 0.00939. The monoisotopic (exact) mass is 553 g/mol. The average molecular weight is 553 g/mol. The third kappa shape index (κ3) is 5.02. The lowest BCUT2D eigenvalue weighted by molar-refractivity contribution is -0.143. The van der Waals surface area contributed by atoms with Gasteiger partial charge in [-0.1, -0.05) is 30.3 Å². The average Bonchev–Trinajstić information content (AvgIpc) is 3.84. The molecular weight excluding hydrogens is 536 g/mol. The molecule has 0 atom stereocenters. The molecule has 0 N–H and O–H groups in total. The van der Waals surface area contributed by atoms with Gasteiger partial charge in [0.15, 0.2) is 0 Å². The highest BCUT2D eigenvalue weighted by atomic mass is 19.4. The van der Waals surface area contributed by atoms with Crippen molar-refractivity contribution in [2.75, 3.05) is 22.9 Å². The van der Waals surface area contributed by atoms with E-state index in [1.54, 1.807) is 28.0 Å². The van der Waals surface area contributed by atoms with Crippen molar-refractivity contribution < 1.29 is 35.9 Å². The second-order valence-electron chi connectivity index (χ2n) is 9.50. The van der Waals surface area contributed by atoms with E-state index in [1.807, 2.05) is 24.3 Å². The quantitative estimate of drug-likeness (QED) is 0.202. The highest BCUT2D eigenvalue weighted by molar-refractivity contribution is 6.15. The molecule has 1 aromatic heterocycles. The number of halogens is 6. The predicted octanol–water partition coefficient (Wildman–Crippen LogP) is 6.81. The van der Waals surface area contributed by atoms with Gasteiger partial charge in [-0.25, -0.2) is 0 Å². The van der Waals surface area contributed by atoms with Crippen molar-refractivity contribution in [3.05, 3.63) is 90.1 Å². The van der Waals surface area contributed by atoms with Crippen LogP contribution in [0.2, 0.25) is 0 Å². The summed E-state index contributed by atoms with van der Waals surface area (Å²) < 4.78 is 79.4. The summed E-state index contributed by atoms with van der Waals surface area (Å²) in [4.78, 5) is 30.8. The van der Waals surface area contributed by atoms with E-state index in [0.717, 1.165) is 11.1 Å². The molecule has 2 fully saturated rings. The number of aromatic nitrogens is 1. The molecule has 0 radical (unpaired) electrons. The molecule has 202 valence electrons. The van der Waals surface area contributed by atoms with Crippen LogP contribution in [0.1, 0.15) is 11.1 Å². The normalized spacial score (nSPS) is 15.1. The maximum absolute atomic E-state index is 13.2. The van der Waals surface area contributed by atoms with Crippen LogP contribution in [0.5, 0.6) is 0 Å². The van der Waals surface area contributed by atoms with E-state index in [0.29, 0.717) is 47.9 Å². The van der Waals surface area contributed by atoms with Crippen LogP contribution in [0.15, 0.2) is 79.0 Å². The molecule has 3 heterocycles. The Morgan fingerprint density at radius 3 is 1.43 bits per heavy atom. The van der Waals surface area contributed by atoms with Gasteiger partial charge in [0.25, 0.3) is 0 Å². The smallest absolute Gasteiger partial charge is 0.301 e. The second-order valence-corrected chi connectivity index (χ2v) is 9.50. The number of hydrogen-bond acceptors (Lipinski definition) is 3. The van der Waals surface area contributed by atoms with Gasteiger partial charge < -0.3 is 9.80 Å². The first kappa shape index (κ1) is 25.6. The molecule has 0 aliphatic carbocycles. The van der Waals surface area contributed by atoms with E-state index in [1.165, 1.54) is 18.3 Å². The zero-order chi connectivity index (χ0) is 28.4. The van der Waals surface area contributed by atoms with Gasteiger partial charge in [-0.05, 0) is 59.2 Å². The third-order valence-electron chi connectivity index (χ3n) is 6.71. The Bertz CT molecular complexity index is 1590. The lowest BCUT2D eigenvalue weighted by Crippen LogP contribution is -2.11. The molecule has 3 aromatic carbocycles. The molecule has 5 nitrogen and oxygen atoms in total. The van der Waals surface area contributed by atoms with Gasteiger partial charge in [-0.15, -0.1) is 0 Å². The van der Waals surface area contributed by atoms with Crippen LogP contribution in [0, 0.1) is 0 Å². The molecule has 40 heavy (non-hydrogen) atoms. The van der Waals surface area contributed by atoms with Crippen LogP contribution in [-0.2, 0) is 21.9 Å². The zero-order valence-electron chi connectivity index (χ0n) is 20.3. The number of amides is 2. The molecule has 0 unspecified atom stereocenters. The lowest BCUT2D eigenvalue weighted by atomic mass is 9.99. The van der Waals surface area contributed by atoms with Crippen molar-refractivity contribution in [2.45, 2.75) is 12.4 Å². The van der Waals surface area contributed by atoms with Crippen molar-refractivity contribution >= 4 is 23.2 Å². The van der Waals surface area contributed by atoms with Crippen LogP contribution < -0.4 is 9.80 Å². The number of anilines is 2. The predicted molar refractivity (Wildman–Crippen MR) is 135 cm³/mol. The standard InChI is InChI=1S/C29H17F6N3O2/c30-28(31,32)21-7-19(8-22(11-21)29(33,34)35)18-5-6-25(36-13-18)17-3-1-16(2-4-17)20-9-23(37-14-26(37)39)12-24(10-20)38-15-27(38)40/h1-13H,14-15H2. The van der Waals surface area contributed by atoms with Crippen molar-refractivity contribution in [2.24, 2.45) is 0 Å². The minimum Gasteiger partial charge on any atom is -0.301 e. The van der Waals surface area contributed by atoms with Gasteiger partial charge in [-0.3, -0.25) is 14.6 Å². The molecule has 2 aliphatic heterocycles. The number of benzene rings is 3. The fourth-order valence-electron chi connectivity index (χ4n) is 4.43. The number of carbonyl (C=O) groups excluding carboxylic acids is 2. The summed E-state index contributed by atoms with van der Waals surface area (Å²) >= 11 is 0. The maximum Gasteiger partial charge on any atom is 0.416 e. The first-order chi connectivity index (χ1) is 18.9. The molecule has 6 rings (SSSR count). The molecule has 4 aromatic rings. The van der Waals surface area contributed by atoms with Crippen molar-refractivity contribution in [1.82, 2.24) is 4.98 Å². The summed E-state index contributed by atoms with van der Waals surface area (Å²) in [6, 6.07) is 17.1. The third-order valence-corrected chi connectivity index (χ3v) is 6.71. The van der Waals surface area contributed by atoms with E-state index in [-0.39, 0.29) is 29.0 Å². The Kier molecular flexibility index (Phi) is 5.72. The van der Waals surface area contributed by atoms with Crippen molar-refractivity contribution in [3.8, 4) is 33.5 Å². The summed E-state index contributed by atoms with van der Waals surface area (Å²) in [5.41, 5.74) is 1.22. The van der Waals surface area contributed by atoms with Gasteiger partial charge in [-0.2, -0.15) is 26.3 Å². The van der Waals surface area contributed by atoms with E-state index >= 15 is 0 Å². The Balaban J connectivity index is 1.28. The van der Waals surface area contributed by atoms with Gasteiger partial charge in [0, 0.05) is 28.7 Å². The lowest BCUT2D eigenvalue weighted by Gasteiger charge is -2.14. The summed E-state index contributed by atoms with van der Waals surface area (Å²) in [6.45, 7) is 0.630. The molecule has 0 spiro atoms. The SMILES string of the molecule is O=C1CN1c1cc(-c2ccc(-c3ccc(-c4cc(C(F)(F)F)cc(C(F)(F)F)c4)cn3)cc2)cc(N2CC2=O)c1. The number of carbonyl (C=O) groups is 2. The first-order valence-corrected chi connectivity index (χ1v) is 12.0. The van der Waals surface area contributed by atoms with Crippen molar-refractivity contribution in [1.29, 1.82) is 0 Å². The second kappa shape index (κ2) is 8.94. The molecule has 2 amide bonds. The Labute approximate surface area is 223 Å². The zero-order valence-corrected chi connectivity index (χ0v) is 20.3. The van der Waals surface area contributed by atoms with E-state index in [9.17, 15) is 35.9 Å². The van der Waals surface area contributed by atoms with Crippen LogP contribution in [-0.4, -0.2) is 29.9 Å². The molecule has 2 saturated heterocycles. The Morgan fingerprint density at radius 1 is 0.550 bits per heavy atom. The van der Waals surface area contributed by atoms with Gasteiger partial charge in [0.2, 0.25) is 11.8 Å². The van der Waals surface area contributed by atoms with E-state index in [4.69, 9.17) is 0 Å². The number of hydrogen-bond donors (Lipinski definition) is 0. The summed E-state index contributed by atoms with van der Waals surface area (Å²) in [7, 11) is 0. The van der Waals surface area contributed by atoms with Crippen LogP contribution in [0.3, 0.4) is 0 Å². The van der Waals surface area contributed by atoms with Crippen molar-refractivity contribution in [3.63, 3.8) is 0 Å². The fourth-order valence-corrected chi connectivity index (χ4v) is 4.43. The summed E-state index contributed by atoms with van der Waals surface area (Å²) in [6.07, 6.45) is -8.65. The van der Waals surface area contributed by atoms with Gasteiger partial charge >= 0.3 is 12.4 Å². The number of alkyl halides is 6.